The topological polar surface area (TPSA) is 43.1 Å². The number of nitro groups is 1. The summed E-state index contributed by atoms with van der Waals surface area (Å²) in [5.74, 6) is 0. The number of aryl methyl sites for hydroxylation is 1. The van der Waals surface area contributed by atoms with E-state index < -0.39 is 4.92 Å². The summed E-state index contributed by atoms with van der Waals surface area (Å²) < 4.78 is 0. The van der Waals surface area contributed by atoms with Gasteiger partial charge in [0.25, 0.3) is 0 Å². The molecule has 0 spiro atoms. The molecule has 0 aromatic heterocycles. The van der Waals surface area contributed by atoms with Crippen LogP contribution in [0, 0.1) is 24.0 Å². The third kappa shape index (κ3) is 2.40. The zero-order valence-corrected chi connectivity index (χ0v) is 7.65. The van der Waals surface area contributed by atoms with Crippen LogP contribution in [0.3, 0.4) is 0 Å². The highest BCUT2D eigenvalue weighted by Gasteiger charge is 1.97. The summed E-state index contributed by atoms with van der Waals surface area (Å²) in [5.41, 5.74) is 3.13. The molecule has 0 atom stereocenters. The monoisotopic (exact) mass is 177 g/mol. The lowest BCUT2D eigenvalue weighted by atomic mass is 10.0. The highest BCUT2D eigenvalue weighted by atomic mass is 16.6. The maximum Gasteiger partial charge on any atom is 0.235 e. The van der Waals surface area contributed by atoms with Crippen LogP contribution in [0.5, 0.6) is 0 Å². The fraction of sp³-hybridized carbons (Fsp3) is 0.200. The summed E-state index contributed by atoms with van der Waals surface area (Å²) in [5, 5.41) is 10.1. The molecule has 0 amide bonds. The molecule has 0 aliphatic heterocycles. The molecule has 0 aliphatic carbocycles. The first-order valence-corrected chi connectivity index (χ1v) is 3.99. The second-order valence-corrected chi connectivity index (χ2v) is 2.89. The van der Waals surface area contributed by atoms with Gasteiger partial charge < -0.3 is 0 Å². The Balaban J connectivity index is 3.02. The lowest BCUT2D eigenvalue weighted by molar-refractivity contribution is -0.400. The van der Waals surface area contributed by atoms with Crippen LogP contribution >= 0.6 is 0 Å². The van der Waals surface area contributed by atoms with Crippen molar-refractivity contribution in [3.63, 3.8) is 0 Å². The van der Waals surface area contributed by atoms with Crippen molar-refractivity contribution < 1.29 is 4.92 Å². The molecule has 0 fully saturated rings. The van der Waals surface area contributed by atoms with Crippen molar-refractivity contribution in [3.05, 3.63) is 51.2 Å². The first-order valence-electron chi connectivity index (χ1n) is 3.99. The Kier molecular flexibility index (Phi) is 2.80. The van der Waals surface area contributed by atoms with Crippen LogP contribution < -0.4 is 0 Å². The summed E-state index contributed by atoms with van der Waals surface area (Å²) in [6, 6.07) is 5.74. The average Bonchev–Trinajstić information content (AvgIpc) is 2.07. The SMILES string of the molecule is Cc1cccc(/C=C/[N+](=O)[O-])c1C. The van der Waals surface area contributed by atoms with Crippen LogP contribution in [0.1, 0.15) is 16.7 Å². The van der Waals surface area contributed by atoms with Gasteiger partial charge in [-0.05, 0) is 30.5 Å². The van der Waals surface area contributed by atoms with Crippen LogP contribution in [0.15, 0.2) is 24.4 Å². The fourth-order valence-electron chi connectivity index (χ4n) is 1.10. The van der Waals surface area contributed by atoms with Gasteiger partial charge in [-0.2, -0.15) is 0 Å². The lowest BCUT2D eigenvalue weighted by Gasteiger charge is -2.01. The van der Waals surface area contributed by atoms with Crippen molar-refractivity contribution in [2.45, 2.75) is 13.8 Å². The molecule has 0 heterocycles. The van der Waals surface area contributed by atoms with E-state index in [1.54, 1.807) is 0 Å². The van der Waals surface area contributed by atoms with E-state index in [0.717, 1.165) is 22.9 Å². The minimum atomic E-state index is -0.457. The van der Waals surface area contributed by atoms with Crippen LogP contribution in [0.2, 0.25) is 0 Å². The number of rotatable bonds is 2. The van der Waals surface area contributed by atoms with Gasteiger partial charge in [0.1, 0.15) is 0 Å². The normalized spacial score (nSPS) is 10.6. The molecule has 1 aromatic rings. The first-order chi connectivity index (χ1) is 6.11. The number of nitrogens with zero attached hydrogens (tertiary/aromatic N) is 1. The smallest absolute Gasteiger partial charge is 0.235 e. The van der Waals surface area contributed by atoms with Crippen LogP contribution in [-0.2, 0) is 0 Å². The lowest BCUT2D eigenvalue weighted by Crippen LogP contribution is -1.87. The van der Waals surface area contributed by atoms with Crippen molar-refractivity contribution in [2.75, 3.05) is 0 Å². The minimum absolute atomic E-state index is 0.457. The molecule has 0 bridgehead atoms. The Bertz CT molecular complexity index is 356. The maximum atomic E-state index is 10.1. The van der Waals surface area contributed by atoms with Gasteiger partial charge in [-0.25, -0.2) is 0 Å². The number of benzene rings is 1. The van der Waals surface area contributed by atoms with Gasteiger partial charge in [-0.3, -0.25) is 10.1 Å². The van der Waals surface area contributed by atoms with Crippen LogP contribution in [0.4, 0.5) is 0 Å². The molecule has 1 rings (SSSR count). The summed E-state index contributed by atoms with van der Waals surface area (Å²) in [4.78, 5) is 9.63. The third-order valence-corrected chi connectivity index (χ3v) is 2.02. The van der Waals surface area contributed by atoms with E-state index in [1.807, 2.05) is 32.0 Å². The van der Waals surface area contributed by atoms with E-state index >= 15 is 0 Å². The highest BCUT2D eigenvalue weighted by molar-refractivity contribution is 5.54. The van der Waals surface area contributed by atoms with Crippen LogP contribution in [-0.4, -0.2) is 4.92 Å². The maximum absolute atomic E-state index is 10.1. The molecule has 0 saturated carbocycles. The first kappa shape index (κ1) is 9.45. The van der Waals surface area contributed by atoms with Crippen LogP contribution in [0.25, 0.3) is 6.08 Å². The van der Waals surface area contributed by atoms with Gasteiger partial charge in [0.2, 0.25) is 6.20 Å². The minimum Gasteiger partial charge on any atom is -0.259 e. The molecule has 68 valence electrons. The van der Waals surface area contributed by atoms with Gasteiger partial charge in [-0.15, -0.1) is 0 Å². The summed E-state index contributed by atoms with van der Waals surface area (Å²) in [7, 11) is 0. The molecule has 13 heavy (non-hydrogen) atoms. The average molecular weight is 177 g/mol. The van der Waals surface area contributed by atoms with E-state index in [1.165, 1.54) is 6.08 Å². The van der Waals surface area contributed by atoms with E-state index in [4.69, 9.17) is 0 Å². The highest BCUT2D eigenvalue weighted by Crippen LogP contribution is 2.13. The Hall–Kier alpha value is -1.64. The van der Waals surface area contributed by atoms with E-state index in [2.05, 4.69) is 0 Å². The van der Waals surface area contributed by atoms with Crippen molar-refractivity contribution in [1.82, 2.24) is 0 Å². The largest absolute Gasteiger partial charge is 0.259 e. The van der Waals surface area contributed by atoms with Gasteiger partial charge in [0.05, 0.1) is 4.92 Å². The van der Waals surface area contributed by atoms with E-state index in [-0.39, 0.29) is 0 Å². The van der Waals surface area contributed by atoms with E-state index in [0.29, 0.717) is 0 Å². The molecule has 0 aliphatic rings. The Labute approximate surface area is 76.9 Å². The molecule has 1 aromatic carbocycles. The molecule has 0 N–H and O–H groups in total. The second kappa shape index (κ2) is 3.85. The van der Waals surface area contributed by atoms with Gasteiger partial charge in [0, 0.05) is 6.08 Å². The fourth-order valence-corrected chi connectivity index (χ4v) is 1.10. The van der Waals surface area contributed by atoms with Gasteiger partial charge in [-0.1, -0.05) is 18.2 Å². The van der Waals surface area contributed by atoms with Gasteiger partial charge in [0.15, 0.2) is 0 Å². The molecule has 3 heteroatoms. The standard InChI is InChI=1S/C10H11NO2/c1-8-4-3-5-10(9(8)2)6-7-11(12)13/h3-7H,1-2H3/b7-6+. The molecule has 0 radical (unpaired) electrons. The quantitative estimate of drug-likeness (QED) is 0.514. The second-order valence-electron chi connectivity index (χ2n) is 2.89. The molecule has 0 unspecified atom stereocenters. The zero-order valence-electron chi connectivity index (χ0n) is 7.65. The summed E-state index contributed by atoms with van der Waals surface area (Å²) in [6.07, 6.45) is 2.48. The van der Waals surface area contributed by atoms with Crippen molar-refractivity contribution in [3.8, 4) is 0 Å². The summed E-state index contributed by atoms with van der Waals surface area (Å²) >= 11 is 0. The summed E-state index contributed by atoms with van der Waals surface area (Å²) in [6.45, 7) is 3.94. The number of hydrogen-bond acceptors (Lipinski definition) is 2. The molecule has 3 nitrogen and oxygen atoms in total. The number of hydrogen-bond donors (Lipinski definition) is 0. The van der Waals surface area contributed by atoms with Gasteiger partial charge >= 0.3 is 0 Å². The third-order valence-electron chi connectivity index (χ3n) is 2.02. The van der Waals surface area contributed by atoms with E-state index in [9.17, 15) is 10.1 Å². The Morgan fingerprint density at radius 1 is 1.38 bits per heavy atom. The predicted molar refractivity (Wildman–Crippen MR) is 51.9 cm³/mol. The van der Waals surface area contributed by atoms with Crippen molar-refractivity contribution in [2.24, 2.45) is 0 Å². The molecular formula is C10H11NO2. The Morgan fingerprint density at radius 2 is 2.08 bits per heavy atom. The molecular weight excluding hydrogens is 166 g/mol. The Morgan fingerprint density at radius 3 is 2.69 bits per heavy atom. The van der Waals surface area contributed by atoms with Crippen molar-refractivity contribution >= 4 is 6.08 Å². The zero-order chi connectivity index (χ0) is 9.84. The molecule has 0 saturated heterocycles. The predicted octanol–water partition coefficient (Wildman–Crippen LogP) is 2.55. The van der Waals surface area contributed by atoms with Crippen molar-refractivity contribution in [1.29, 1.82) is 0 Å².